The Morgan fingerprint density at radius 2 is 1.69 bits per heavy atom. The monoisotopic (exact) mass is 235 g/mol. The van der Waals surface area contributed by atoms with Gasteiger partial charge in [0.15, 0.2) is 0 Å². The largest absolute Gasteiger partial charge is 0.419 e. The van der Waals surface area contributed by atoms with E-state index >= 15 is 0 Å². The van der Waals surface area contributed by atoms with Gasteiger partial charge in [0.1, 0.15) is 5.82 Å². The van der Waals surface area contributed by atoms with E-state index in [0.29, 0.717) is 6.07 Å². The van der Waals surface area contributed by atoms with Crippen molar-refractivity contribution in [2.75, 3.05) is 0 Å². The van der Waals surface area contributed by atoms with Gasteiger partial charge in [0.2, 0.25) is 0 Å². The van der Waals surface area contributed by atoms with Crippen LogP contribution in [-0.4, -0.2) is 6.72 Å². The molecule has 0 radical (unpaired) electrons. The molecule has 0 aliphatic rings. The average Bonchev–Trinajstić information content (AvgIpc) is 2.23. The second kappa shape index (κ2) is 5.63. The van der Waals surface area contributed by atoms with Gasteiger partial charge in [-0.1, -0.05) is 13.8 Å². The first-order valence-electron chi connectivity index (χ1n) is 4.70. The Kier molecular flexibility index (Phi) is 5.14. The van der Waals surface area contributed by atoms with Gasteiger partial charge in [0.05, 0.1) is 11.3 Å². The number of alkyl halides is 3. The Hall–Kier alpha value is -1.39. The number of hydrogen-bond acceptors (Lipinski definition) is 1. The fourth-order valence-electron chi connectivity index (χ4n) is 1.05. The van der Waals surface area contributed by atoms with Gasteiger partial charge in [-0.05, 0) is 31.3 Å². The Labute approximate surface area is 91.8 Å². The van der Waals surface area contributed by atoms with Gasteiger partial charge < -0.3 is 0 Å². The summed E-state index contributed by atoms with van der Waals surface area (Å²) in [5.74, 6) is -1.26. The number of benzene rings is 1. The summed E-state index contributed by atoms with van der Waals surface area (Å²) in [6.07, 6.45) is -4.70. The minimum absolute atomic E-state index is 0.0104. The van der Waals surface area contributed by atoms with E-state index in [2.05, 4.69) is 11.7 Å². The predicted octanol–water partition coefficient (Wildman–Crippen LogP) is 4.51. The quantitative estimate of drug-likeness (QED) is 0.501. The molecule has 0 amide bonds. The number of aliphatic imine (C=N–C) groups is 1. The molecular weight excluding hydrogens is 222 g/mol. The van der Waals surface area contributed by atoms with Gasteiger partial charge in [-0.2, -0.15) is 13.2 Å². The Bertz CT molecular complexity index is 369. The lowest BCUT2D eigenvalue weighted by Gasteiger charge is -2.10. The molecule has 0 spiro atoms. The van der Waals surface area contributed by atoms with Crippen LogP contribution in [0.4, 0.5) is 23.2 Å². The van der Waals surface area contributed by atoms with E-state index in [1.54, 1.807) is 0 Å². The van der Waals surface area contributed by atoms with Crippen LogP contribution in [0.3, 0.4) is 0 Å². The lowest BCUT2D eigenvalue weighted by Crippen LogP contribution is -2.08. The van der Waals surface area contributed by atoms with E-state index < -0.39 is 17.6 Å². The average molecular weight is 235 g/mol. The van der Waals surface area contributed by atoms with Crippen molar-refractivity contribution in [3.8, 4) is 0 Å². The Balaban J connectivity index is 0.00000106. The zero-order valence-corrected chi connectivity index (χ0v) is 9.32. The van der Waals surface area contributed by atoms with Crippen LogP contribution in [0.2, 0.25) is 0 Å². The topological polar surface area (TPSA) is 12.4 Å². The van der Waals surface area contributed by atoms with E-state index in [1.807, 2.05) is 13.8 Å². The number of rotatable bonds is 1. The van der Waals surface area contributed by atoms with Crippen LogP contribution in [-0.2, 0) is 6.18 Å². The van der Waals surface area contributed by atoms with Crippen LogP contribution in [0, 0.1) is 12.7 Å². The molecule has 0 heterocycles. The summed E-state index contributed by atoms with van der Waals surface area (Å²) in [4.78, 5) is 3.33. The molecule has 0 aliphatic heterocycles. The van der Waals surface area contributed by atoms with Crippen molar-refractivity contribution in [2.45, 2.75) is 26.9 Å². The van der Waals surface area contributed by atoms with Crippen LogP contribution >= 0.6 is 0 Å². The van der Waals surface area contributed by atoms with Crippen LogP contribution < -0.4 is 0 Å². The first-order chi connectivity index (χ1) is 7.36. The lowest BCUT2D eigenvalue weighted by molar-refractivity contribution is -0.140. The number of hydrogen-bond donors (Lipinski definition) is 0. The third-order valence-corrected chi connectivity index (χ3v) is 1.73. The van der Waals surface area contributed by atoms with Crippen molar-refractivity contribution in [1.82, 2.24) is 0 Å². The Morgan fingerprint density at radius 1 is 1.19 bits per heavy atom. The third kappa shape index (κ3) is 3.32. The lowest BCUT2D eigenvalue weighted by atomic mass is 10.1. The molecule has 1 aromatic rings. The fourth-order valence-corrected chi connectivity index (χ4v) is 1.05. The molecule has 0 aliphatic carbocycles. The molecule has 1 nitrogen and oxygen atoms in total. The Morgan fingerprint density at radius 3 is 2.06 bits per heavy atom. The molecule has 1 rings (SSSR count). The highest BCUT2D eigenvalue weighted by molar-refractivity contribution is 5.50. The van der Waals surface area contributed by atoms with Gasteiger partial charge in [0.25, 0.3) is 0 Å². The highest BCUT2D eigenvalue weighted by Crippen LogP contribution is 2.34. The molecule has 1 aromatic carbocycles. The smallest absolute Gasteiger partial charge is 0.265 e. The van der Waals surface area contributed by atoms with Crippen molar-refractivity contribution >= 4 is 12.4 Å². The second-order valence-corrected chi connectivity index (χ2v) is 2.78. The molecule has 16 heavy (non-hydrogen) atoms. The summed E-state index contributed by atoms with van der Waals surface area (Å²) in [6.45, 7) is 8.33. The van der Waals surface area contributed by atoms with Gasteiger partial charge in [-0.3, -0.25) is 4.99 Å². The normalized spacial score (nSPS) is 10.4. The van der Waals surface area contributed by atoms with E-state index in [9.17, 15) is 17.6 Å². The van der Waals surface area contributed by atoms with E-state index in [4.69, 9.17) is 0 Å². The molecule has 0 bridgehead atoms. The number of halogens is 4. The summed E-state index contributed by atoms with van der Waals surface area (Å²) in [6, 6.07) is 1.84. The van der Waals surface area contributed by atoms with Crippen molar-refractivity contribution in [1.29, 1.82) is 0 Å². The minimum Gasteiger partial charge on any atom is -0.265 e. The van der Waals surface area contributed by atoms with E-state index in [0.717, 1.165) is 0 Å². The summed E-state index contributed by atoms with van der Waals surface area (Å²) in [7, 11) is 0. The van der Waals surface area contributed by atoms with Gasteiger partial charge in [-0.15, -0.1) is 0 Å². The van der Waals surface area contributed by atoms with Gasteiger partial charge in [-0.25, -0.2) is 4.39 Å². The van der Waals surface area contributed by atoms with Crippen molar-refractivity contribution in [3.63, 3.8) is 0 Å². The number of nitrogens with zero attached hydrogens (tertiary/aromatic N) is 1. The highest BCUT2D eigenvalue weighted by Gasteiger charge is 2.35. The first-order valence-corrected chi connectivity index (χ1v) is 4.70. The van der Waals surface area contributed by atoms with Crippen LogP contribution in [0.15, 0.2) is 17.1 Å². The molecule has 0 atom stereocenters. The molecule has 90 valence electrons. The summed E-state index contributed by atoms with van der Waals surface area (Å²) < 4.78 is 49.8. The van der Waals surface area contributed by atoms with Crippen LogP contribution in [0.5, 0.6) is 0 Å². The molecule has 0 fully saturated rings. The van der Waals surface area contributed by atoms with Gasteiger partial charge >= 0.3 is 6.18 Å². The highest BCUT2D eigenvalue weighted by atomic mass is 19.4. The number of aryl methyl sites for hydroxylation is 1. The molecule has 0 aromatic heterocycles. The predicted molar refractivity (Wildman–Crippen MR) is 56.7 cm³/mol. The van der Waals surface area contributed by atoms with Crippen molar-refractivity contribution in [2.24, 2.45) is 4.99 Å². The summed E-state index contributed by atoms with van der Waals surface area (Å²) >= 11 is 0. The van der Waals surface area contributed by atoms with Crippen molar-refractivity contribution in [3.05, 3.63) is 29.1 Å². The molecule has 0 N–H and O–H groups in total. The molecule has 0 saturated heterocycles. The van der Waals surface area contributed by atoms with Crippen LogP contribution in [0.25, 0.3) is 0 Å². The minimum atomic E-state index is -4.70. The molecule has 0 saturated carbocycles. The maximum absolute atomic E-state index is 13.0. The first kappa shape index (κ1) is 14.6. The SMILES string of the molecule is C=Nc1cc(C)c(F)c(C(F)(F)F)c1.CC. The molecular formula is C11H13F4N. The van der Waals surface area contributed by atoms with Gasteiger partial charge in [0, 0.05) is 0 Å². The van der Waals surface area contributed by atoms with Crippen LogP contribution in [0.1, 0.15) is 25.0 Å². The maximum Gasteiger partial charge on any atom is 0.419 e. The maximum atomic E-state index is 13.0. The molecule has 5 heteroatoms. The summed E-state index contributed by atoms with van der Waals surface area (Å²) in [5.41, 5.74) is -1.39. The fraction of sp³-hybridized carbons (Fsp3) is 0.364. The van der Waals surface area contributed by atoms with E-state index in [1.165, 1.54) is 13.0 Å². The zero-order chi connectivity index (χ0) is 12.9. The zero-order valence-electron chi connectivity index (χ0n) is 9.32. The third-order valence-electron chi connectivity index (χ3n) is 1.73. The molecule has 0 unspecified atom stereocenters. The standard InChI is InChI=1S/C9H7F4N.C2H6/c1-5-3-6(14-2)4-7(8(5)10)9(11,12)13;1-2/h3-4H,2H2,1H3;1-2H3. The summed E-state index contributed by atoms with van der Waals surface area (Å²) in [5, 5.41) is 0. The van der Waals surface area contributed by atoms with Crippen molar-refractivity contribution < 1.29 is 17.6 Å². The van der Waals surface area contributed by atoms with E-state index in [-0.39, 0.29) is 11.3 Å². The second-order valence-electron chi connectivity index (χ2n) is 2.78.